The van der Waals surface area contributed by atoms with Crippen molar-refractivity contribution in [1.29, 1.82) is 0 Å². The van der Waals surface area contributed by atoms with Crippen LogP contribution in [0.25, 0.3) is 0 Å². The van der Waals surface area contributed by atoms with E-state index in [-0.39, 0.29) is 18.2 Å². The molecule has 1 aromatic carbocycles. The summed E-state index contributed by atoms with van der Waals surface area (Å²) in [6.07, 6.45) is 3.71. The van der Waals surface area contributed by atoms with Gasteiger partial charge in [0.05, 0.1) is 5.54 Å². The molecule has 1 aliphatic rings. The van der Waals surface area contributed by atoms with Gasteiger partial charge in [-0.25, -0.2) is 4.79 Å². The summed E-state index contributed by atoms with van der Waals surface area (Å²) >= 11 is 0. The number of hydrogen-bond donors (Lipinski definition) is 3. The summed E-state index contributed by atoms with van der Waals surface area (Å²) in [6, 6.07) is 9.96. The van der Waals surface area contributed by atoms with Crippen LogP contribution in [0.3, 0.4) is 0 Å². The summed E-state index contributed by atoms with van der Waals surface area (Å²) in [5, 5.41) is 14.5. The first kappa shape index (κ1) is 12.9. The highest BCUT2D eigenvalue weighted by atomic mass is 16.3. The van der Waals surface area contributed by atoms with Gasteiger partial charge in [-0.3, -0.25) is 0 Å². The van der Waals surface area contributed by atoms with E-state index in [0.717, 1.165) is 19.3 Å². The molecular weight excluding hydrogens is 228 g/mol. The number of hydrogen-bond acceptors (Lipinski definition) is 2. The summed E-state index contributed by atoms with van der Waals surface area (Å²) in [5.41, 5.74) is 0.985. The van der Waals surface area contributed by atoms with Crippen molar-refractivity contribution in [3.05, 3.63) is 35.9 Å². The zero-order valence-corrected chi connectivity index (χ0v) is 10.5. The van der Waals surface area contributed by atoms with Gasteiger partial charge >= 0.3 is 6.03 Å². The molecule has 1 aliphatic carbocycles. The SMILES string of the molecule is O=C(NCCCO)NC1(c2ccccc2)CCC1. The molecule has 0 unspecified atom stereocenters. The number of amides is 2. The molecule has 18 heavy (non-hydrogen) atoms. The van der Waals surface area contributed by atoms with Gasteiger partial charge in [-0.15, -0.1) is 0 Å². The average Bonchev–Trinajstić information content (AvgIpc) is 2.35. The normalized spacial score (nSPS) is 16.7. The molecule has 0 saturated heterocycles. The molecule has 3 N–H and O–H groups in total. The molecule has 0 radical (unpaired) electrons. The Morgan fingerprint density at radius 2 is 2.00 bits per heavy atom. The molecular formula is C14H20N2O2. The maximum absolute atomic E-state index is 11.8. The Morgan fingerprint density at radius 1 is 1.28 bits per heavy atom. The Kier molecular flexibility index (Phi) is 4.20. The third-order valence-electron chi connectivity index (χ3n) is 3.51. The fourth-order valence-corrected chi connectivity index (χ4v) is 2.32. The number of benzene rings is 1. The van der Waals surface area contributed by atoms with Crippen LogP contribution in [0.4, 0.5) is 4.79 Å². The van der Waals surface area contributed by atoms with Crippen LogP contribution < -0.4 is 10.6 Å². The van der Waals surface area contributed by atoms with Crippen molar-refractivity contribution in [3.8, 4) is 0 Å². The van der Waals surface area contributed by atoms with Crippen LogP contribution in [-0.4, -0.2) is 24.3 Å². The van der Waals surface area contributed by atoms with E-state index < -0.39 is 0 Å². The molecule has 0 atom stereocenters. The highest BCUT2D eigenvalue weighted by Crippen LogP contribution is 2.40. The fourth-order valence-electron chi connectivity index (χ4n) is 2.32. The Morgan fingerprint density at radius 3 is 2.56 bits per heavy atom. The second-order valence-corrected chi connectivity index (χ2v) is 4.76. The highest BCUT2D eigenvalue weighted by Gasteiger charge is 2.39. The molecule has 1 fully saturated rings. The van der Waals surface area contributed by atoms with E-state index in [2.05, 4.69) is 22.8 Å². The number of aliphatic hydroxyl groups is 1. The molecule has 0 spiro atoms. The largest absolute Gasteiger partial charge is 0.396 e. The average molecular weight is 248 g/mol. The highest BCUT2D eigenvalue weighted by molar-refractivity contribution is 5.75. The maximum atomic E-state index is 11.8. The second-order valence-electron chi connectivity index (χ2n) is 4.76. The minimum absolute atomic E-state index is 0.101. The Labute approximate surface area is 107 Å². The van der Waals surface area contributed by atoms with Gasteiger partial charge in [0.1, 0.15) is 0 Å². The van der Waals surface area contributed by atoms with Gasteiger partial charge in [-0.2, -0.15) is 0 Å². The molecule has 1 aromatic rings. The molecule has 2 rings (SSSR count). The smallest absolute Gasteiger partial charge is 0.315 e. The zero-order valence-electron chi connectivity index (χ0n) is 10.5. The Bertz CT molecular complexity index is 388. The molecule has 4 nitrogen and oxygen atoms in total. The molecule has 2 amide bonds. The van der Waals surface area contributed by atoms with Crippen molar-refractivity contribution in [2.24, 2.45) is 0 Å². The van der Waals surface area contributed by atoms with Crippen molar-refractivity contribution in [3.63, 3.8) is 0 Å². The summed E-state index contributed by atoms with van der Waals surface area (Å²) in [7, 11) is 0. The molecule has 0 heterocycles. The predicted molar refractivity (Wildman–Crippen MR) is 70.2 cm³/mol. The first-order valence-corrected chi connectivity index (χ1v) is 6.49. The second kappa shape index (κ2) is 5.87. The zero-order chi connectivity index (χ0) is 12.8. The lowest BCUT2D eigenvalue weighted by Gasteiger charge is -2.43. The van der Waals surface area contributed by atoms with Gasteiger partial charge in [0, 0.05) is 13.2 Å². The van der Waals surface area contributed by atoms with Gasteiger partial charge in [0.25, 0.3) is 0 Å². The lowest BCUT2D eigenvalue weighted by atomic mass is 9.72. The number of rotatable bonds is 5. The number of urea groups is 1. The van der Waals surface area contributed by atoms with E-state index in [9.17, 15) is 4.79 Å². The van der Waals surface area contributed by atoms with Gasteiger partial charge in [-0.05, 0) is 31.2 Å². The predicted octanol–water partition coefficient (Wildman–Crippen LogP) is 1.75. The van der Waals surface area contributed by atoms with Crippen LogP contribution in [0.5, 0.6) is 0 Å². The Hall–Kier alpha value is -1.55. The summed E-state index contributed by atoms with van der Waals surface area (Å²) in [6.45, 7) is 0.608. The van der Waals surface area contributed by atoms with Crippen LogP contribution >= 0.6 is 0 Å². The van der Waals surface area contributed by atoms with Crippen LogP contribution in [0.15, 0.2) is 30.3 Å². The summed E-state index contributed by atoms with van der Waals surface area (Å²) < 4.78 is 0. The van der Waals surface area contributed by atoms with Crippen molar-refractivity contribution in [1.82, 2.24) is 10.6 Å². The quantitative estimate of drug-likeness (QED) is 0.695. The van der Waals surface area contributed by atoms with E-state index in [1.165, 1.54) is 5.56 Å². The lowest BCUT2D eigenvalue weighted by molar-refractivity contribution is 0.176. The van der Waals surface area contributed by atoms with Gasteiger partial charge in [0.15, 0.2) is 0 Å². The summed E-state index contributed by atoms with van der Waals surface area (Å²) in [4.78, 5) is 11.8. The first-order chi connectivity index (χ1) is 8.77. The fraction of sp³-hybridized carbons (Fsp3) is 0.500. The monoisotopic (exact) mass is 248 g/mol. The maximum Gasteiger partial charge on any atom is 0.315 e. The topological polar surface area (TPSA) is 61.4 Å². The standard InChI is InChI=1S/C14H20N2O2/c17-11-5-10-15-13(18)16-14(8-4-9-14)12-6-2-1-3-7-12/h1-3,6-7,17H,4-5,8-11H2,(H2,15,16,18). The van der Waals surface area contributed by atoms with E-state index in [1.54, 1.807) is 0 Å². The van der Waals surface area contributed by atoms with Crippen LogP contribution in [0.1, 0.15) is 31.2 Å². The van der Waals surface area contributed by atoms with Crippen LogP contribution in [0.2, 0.25) is 0 Å². The van der Waals surface area contributed by atoms with E-state index >= 15 is 0 Å². The minimum atomic E-state index is -0.190. The number of nitrogens with one attached hydrogen (secondary N) is 2. The summed E-state index contributed by atoms with van der Waals surface area (Å²) in [5.74, 6) is 0. The molecule has 0 aromatic heterocycles. The number of carbonyl (C=O) groups excluding carboxylic acids is 1. The molecule has 0 bridgehead atoms. The van der Waals surface area contributed by atoms with Gasteiger partial charge in [-0.1, -0.05) is 30.3 Å². The van der Waals surface area contributed by atoms with E-state index in [1.807, 2.05) is 18.2 Å². The van der Waals surface area contributed by atoms with Crippen LogP contribution in [0, 0.1) is 0 Å². The minimum Gasteiger partial charge on any atom is -0.396 e. The lowest BCUT2D eigenvalue weighted by Crippen LogP contribution is -2.54. The van der Waals surface area contributed by atoms with Gasteiger partial charge < -0.3 is 15.7 Å². The first-order valence-electron chi connectivity index (χ1n) is 6.49. The van der Waals surface area contributed by atoms with Crippen molar-refractivity contribution >= 4 is 6.03 Å². The molecule has 0 aliphatic heterocycles. The van der Waals surface area contributed by atoms with Crippen molar-refractivity contribution < 1.29 is 9.90 Å². The van der Waals surface area contributed by atoms with E-state index in [0.29, 0.717) is 13.0 Å². The van der Waals surface area contributed by atoms with Crippen LogP contribution in [-0.2, 0) is 5.54 Å². The third kappa shape index (κ3) is 2.82. The number of aliphatic hydroxyl groups excluding tert-OH is 1. The molecule has 4 heteroatoms. The van der Waals surface area contributed by atoms with E-state index in [4.69, 9.17) is 5.11 Å². The van der Waals surface area contributed by atoms with Crippen molar-refractivity contribution in [2.45, 2.75) is 31.2 Å². The van der Waals surface area contributed by atoms with Crippen molar-refractivity contribution in [2.75, 3.05) is 13.2 Å². The Balaban J connectivity index is 1.95. The third-order valence-corrected chi connectivity index (χ3v) is 3.51. The molecule has 98 valence electrons. The molecule has 1 saturated carbocycles. The number of carbonyl (C=O) groups is 1. The van der Waals surface area contributed by atoms with Gasteiger partial charge in [0.2, 0.25) is 0 Å².